The van der Waals surface area contributed by atoms with Crippen LogP contribution in [0.3, 0.4) is 0 Å². The van der Waals surface area contributed by atoms with Crippen molar-refractivity contribution in [2.45, 2.75) is 6.54 Å². The molecule has 0 aliphatic rings. The van der Waals surface area contributed by atoms with Gasteiger partial charge in [-0.3, -0.25) is 4.79 Å². The summed E-state index contributed by atoms with van der Waals surface area (Å²) in [6.07, 6.45) is 6.61. The third-order valence-corrected chi connectivity index (χ3v) is 3.28. The fourth-order valence-electron chi connectivity index (χ4n) is 2.03. The summed E-state index contributed by atoms with van der Waals surface area (Å²) in [7, 11) is 1.91. The minimum atomic E-state index is -0.0753. The van der Waals surface area contributed by atoms with E-state index in [0.29, 0.717) is 5.56 Å². The minimum Gasteiger partial charge on any atom is -0.316 e. The number of nitrogens with zero attached hydrogens (tertiary/aromatic N) is 1. The van der Waals surface area contributed by atoms with Gasteiger partial charge < -0.3 is 5.32 Å². The molecule has 0 radical (unpaired) electrons. The van der Waals surface area contributed by atoms with Crippen molar-refractivity contribution in [1.29, 1.82) is 5.26 Å². The van der Waals surface area contributed by atoms with Gasteiger partial charge in [0.25, 0.3) is 0 Å². The molecule has 0 bridgehead atoms. The molecule has 0 aromatic heterocycles. The van der Waals surface area contributed by atoms with Crippen LogP contribution in [0.1, 0.15) is 22.3 Å². The molecule has 0 saturated carbocycles. The molecule has 0 aliphatic carbocycles. The highest BCUT2D eigenvalue weighted by Gasteiger charge is 1.94. The lowest BCUT2D eigenvalue weighted by atomic mass is 10.1. The molecule has 3 nitrogen and oxygen atoms in total. The summed E-state index contributed by atoms with van der Waals surface area (Å²) in [4.78, 5) is 11.8. The minimum absolute atomic E-state index is 0.0753. The van der Waals surface area contributed by atoms with Crippen molar-refractivity contribution in [3.8, 4) is 6.07 Å². The number of carbonyl (C=O) groups is 1. The number of allylic oxidation sites excluding steroid dienone is 2. The highest BCUT2D eigenvalue weighted by Crippen LogP contribution is 2.07. The number of rotatable bonds is 6. The van der Waals surface area contributed by atoms with Crippen LogP contribution in [-0.2, 0) is 11.3 Å². The molecule has 1 N–H and O–H groups in total. The van der Waals surface area contributed by atoms with E-state index in [1.54, 1.807) is 30.4 Å². The molecule has 0 atom stereocenters. The van der Waals surface area contributed by atoms with Crippen LogP contribution in [0.15, 0.2) is 60.7 Å². The third kappa shape index (κ3) is 5.39. The molecule has 0 saturated heterocycles. The van der Waals surface area contributed by atoms with Gasteiger partial charge in [0, 0.05) is 6.54 Å². The molecular weight excluding hydrogens is 284 g/mol. The number of benzene rings is 2. The molecular formula is C20H18N2O. The molecule has 0 heterocycles. The van der Waals surface area contributed by atoms with Gasteiger partial charge in [-0.15, -0.1) is 0 Å². The van der Waals surface area contributed by atoms with E-state index in [0.717, 1.165) is 17.7 Å². The number of hydrogen-bond donors (Lipinski definition) is 1. The Labute approximate surface area is 136 Å². The fraction of sp³-hybridized carbons (Fsp3) is 0.100. The molecule has 0 amide bonds. The van der Waals surface area contributed by atoms with Crippen LogP contribution in [0.2, 0.25) is 0 Å². The fourth-order valence-corrected chi connectivity index (χ4v) is 2.03. The topological polar surface area (TPSA) is 52.9 Å². The van der Waals surface area contributed by atoms with Crippen LogP contribution < -0.4 is 5.32 Å². The van der Waals surface area contributed by atoms with Crippen LogP contribution in [0.5, 0.6) is 0 Å². The standard InChI is InChI=1S/C20H18N2O/c1-22-15-19-8-4-17(5-9-19)11-13-20(23)12-10-16-2-6-18(14-21)7-3-16/h2-13,22H,15H2,1H3. The van der Waals surface area contributed by atoms with E-state index in [2.05, 4.69) is 11.4 Å². The Kier molecular flexibility index (Phi) is 6.05. The van der Waals surface area contributed by atoms with Gasteiger partial charge in [-0.2, -0.15) is 5.26 Å². The monoisotopic (exact) mass is 302 g/mol. The molecule has 2 aromatic carbocycles. The Morgan fingerprint density at radius 1 is 1.00 bits per heavy atom. The lowest BCUT2D eigenvalue weighted by molar-refractivity contribution is -0.110. The average molecular weight is 302 g/mol. The van der Waals surface area contributed by atoms with Crippen molar-refractivity contribution >= 4 is 17.9 Å². The maximum Gasteiger partial charge on any atom is 0.178 e. The summed E-state index contributed by atoms with van der Waals surface area (Å²) in [5.41, 5.74) is 3.69. The van der Waals surface area contributed by atoms with Gasteiger partial charge in [0.1, 0.15) is 0 Å². The Hall–Kier alpha value is -2.96. The zero-order valence-electron chi connectivity index (χ0n) is 13.0. The molecule has 114 valence electrons. The number of ketones is 1. The molecule has 0 unspecified atom stereocenters. The van der Waals surface area contributed by atoms with Crippen molar-refractivity contribution in [1.82, 2.24) is 5.32 Å². The van der Waals surface area contributed by atoms with Crippen molar-refractivity contribution in [2.75, 3.05) is 7.05 Å². The molecule has 2 aromatic rings. The Morgan fingerprint density at radius 3 is 2.00 bits per heavy atom. The van der Waals surface area contributed by atoms with Gasteiger partial charge in [0.15, 0.2) is 5.78 Å². The number of hydrogen-bond acceptors (Lipinski definition) is 3. The lowest BCUT2D eigenvalue weighted by Crippen LogP contribution is -2.04. The number of carbonyl (C=O) groups excluding carboxylic acids is 1. The van der Waals surface area contributed by atoms with Crippen molar-refractivity contribution in [3.05, 3.63) is 82.9 Å². The van der Waals surface area contributed by atoms with Gasteiger partial charge >= 0.3 is 0 Å². The summed E-state index contributed by atoms with van der Waals surface area (Å²) in [5.74, 6) is -0.0753. The Bertz CT molecular complexity index is 748. The smallest absolute Gasteiger partial charge is 0.178 e. The van der Waals surface area contributed by atoms with Crippen molar-refractivity contribution in [3.63, 3.8) is 0 Å². The highest BCUT2D eigenvalue weighted by molar-refractivity contribution is 6.04. The maximum absolute atomic E-state index is 11.8. The summed E-state index contributed by atoms with van der Waals surface area (Å²) in [6.45, 7) is 0.830. The van der Waals surface area contributed by atoms with Gasteiger partial charge in [-0.1, -0.05) is 48.6 Å². The number of nitriles is 1. The van der Waals surface area contributed by atoms with Gasteiger partial charge in [0.2, 0.25) is 0 Å². The lowest BCUT2D eigenvalue weighted by Gasteiger charge is -1.99. The zero-order chi connectivity index (χ0) is 16.5. The van der Waals surface area contributed by atoms with Crippen molar-refractivity contribution in [2.24, 2.45) is 0 Å². The predicted octanol–water partition coefficient (Wildman–Crippen LogP) is 3.57. The summed E-state index contributed by atoms with van der Waals surface area (Å²) in [6, 6.07) is 17.2. The Morgan fingerprint density at radius 2 is 1.52 bits per heavy atom. The van der Waals surface area contributed by atoms with Crippen LogP contribution in [-0.4, -0.2) is 12.8 Å². The van der Waals surface area contributed by atoms with Crippen molar-refractivity contribution < 1.29 is 4.79 Å². The normalized spacial score (nSPS) is 11.0. The number of nitrogens with one attached hydrogen (secondary N) is 1. The van der Waals surface area contributed by atoms with Gasteiger partial charge in [-0.05, 0) is 48.0 Å². The average Bonchev–Trinajstić information content (AvgIpc) is 2.60. The maximum atomic E-state index is 11.8. The van der Waals surface area contributed by atoms with Gasteiger partial charge in [-0.25, -0.2) is 0 Å². The van der Waals surface area contributed by atoms with Gasteiger partial charge in [0.05, 0.1) is 11.6 Å². The van der Waals surface area contributed by atoms with Crippen LogP contribution >= 0.6 is 0 Å². The van der Waals surface area contributed by atoms with E-state index in [-0.39, 0.29) is 5.78 Å². The van der Waals surface area contributed by atoms with Crippen LogP contribution in [0.25, 0.3) is 12.2 Å². The SMILES string of the molecule is CNCc1ccc(C=CC(=O)C=Cc2ccc(C#N)cc2)cc1. The molecule has 0 spiro atoms. The molecule has 0 fully saturated rings. The quantitative estimate of drug-likeness (QED) is 0.830. The van der Waals surface area contributed by atoms with E-state index < -0.39 is 0 Å². The molecule has 3 heteroatoms. The summed E-state index contributed by atoms with van der Waals surface area (Å²) in [5, 5.41) is 11.8. The largest absolute Gasteiger partial charge is 0.316 e. The summed E-state index contributed by atoms with van der Waals surface area (Å²) < 4.78 is 0. The first-order valence-corrected chi connectivity index (χ1v) is 7.35. The van der Waals surface area contributed by atoms with E-state index in [4.69, 9.17) is 5.26 Å². The van der Waals surface area contributed by atoms with Crippen LogP contribution in [0.4, 0.5) is 0 Å². The molecule has 2 rings (SSSR count). The second-order valence-corrected chi connectivity index (χ2v) is 5.07. The zero-order valence-corrected chi connectivity index (χ0v) is 13.0. The first-order chi connectivity index (χ1) is 11.2. The second-order valence-electron chi connectivity index (χ2n) is 5.07. The summed E-state index contributed by atoms with van der Waals surface area (Å²) >= 11 is 0. The first kappa shape index (κ1) is 16.4. The third-order valence-electron chi connectivity index (χ3n) is 3.28. The first-order valence-electron chi connectivity index (χ1n) is 7.35. The van der Waals surface area contributed by atoms with E-state index in [1.165, 1.54) is 11.6 Å². The van der Waals surface area contributed by atoms with Crippen LogP contribution in [0, 0.1) is 11.3 Å². The van der Waals surface area contributed by atoms with E-state index >= 15 is 0 Å². The Balaban J connectivity index is 1.95. The second kappa shape index (κ2) is 8.47. The molecule has 23 heavy (non-hydrogen) atoms. The molecule has 0 aliphatic heterocycles. The van der Waals surface area contributed by atoms with E-state index in [1.807, 2.05) is 43.4 Å². The predicted molar refractivity (Wildman–Crippen MR) is 93.4 cm³/mol. The highest BCUT2D eigenvalue weighted by atomic mass is 16.1. The van der Waals surface area contributed by atoms with E-state index in [9.17, 15) is 4.79 Å².